The van der Waals surface area contributed by atoms with Crippen LogP contribution in [0.2, 0.25) is 0 Å². The molecule has 3 aromatic rings. The smallest absolute Gasteiger partial charge is 0.136 e. The molecule has 3 rings (SSSR count). The summed E-state index contributed by atoms with van der Waals surface area (Å²) in [4.78, 5) is 4.60. The summed E-state index contributed by atoms with van der Waals surface area (Å²) in [6, 6.07) is 17.5. The molecule has 0 saturated heterocycles. The molecule has 0 fully saturated rings. The number of para-hydroxylation sites is 1. The molecule has 1 heterocycles. The van der Waals surface area contributed by atoms with Crippen molar-refractivity contribution in [2.75, 3.05) is 20.3 Å². The number of hydrogen-bond acceptors (Lipinski definition) is 4. The number of nitrogens with zero attached hydrogens (tertiary/aromatic N) is 1. The zero-order valence-electron chi connectivity index (χ0n) is 13.0. The Labute approximate surface area is 134 Å². The molecule has 0 aliphatic rings. The van der Waals surface area contributed by atoms with Crippen LogP contribution in [0.4, 0.5) is 0 Å². The van der Waals surface area contributed by atoms with E-state index in [2.05, 4.69) is 4.99 Å². The Balaban J connectivity index is 2.11. The van der Waals surface area contributed by atoms with Gasteiger partial charge in [-0.05, 0) is 42.8 Å². The molecule has 0 saturated carbocycles. The maximum absolute atomic E-state index is 8.95. The molecule has 0 amide bonds. The molecule has 0 aliphatic heterocycles. The topological polar surface area (TPSA) is 55.0 Å². The fourth-order valence-corrected chi connectivity index (χ4v) is 2.42. The fraction of sp³-hybridized carbons (Fsp3) is 0.211. The number of ether oxygens (including phenoxy) is 1. The molecular weight excluding hydrogens is 290 g/mol. The van der Waals surface area contributed by atoms with E-state index in [-0.39, 0.29) is 6.61 Å². The van der Waals surface area contributed by atoms with Crippen LogP contribution in [0, 0.1) is 0 Å². The highest BCUT2D eigenvalue weighted by Gasteiger charge is 2.05. The standard InChI is InChI=1S/C19H19NO3/c1-22-15-9-7-14(8-10-15)19-13-17(20-11-4-12-21)16-5-2-3-6-18(16)23-19/h2-3,5-10,13,21H,4,11-12H2,1H3. The quantitative estimate of drug-likeness (QED) is 0.735. The van der Waals surface area contributed by atoms with Gasteiger partial charge in [0.1, 0.15) is 17.1 Å². The summed E-state index contributed by atoms with van der Waals surface area (Å²) >= 11 is 0. The van der Waals surface area contributed by atoms with Crippen LogP contribution in [0.15, 0.2) is 64.0 Å². The van der Waals surface area contributed by atoms with Crippen molar-refractivity contribution in [3.63, 3.8) is 0 Å². The van der Waals surface area contributed by atoms with Crippen LogP contribution in [0.1, 0.15) is 6.42 Å². The van der Waals surface area contributed by atoms with E-state index in [9.17, 15) is 0 Å². The lowest BCUT2D eigenvalue weighted by molar-refractivity contribution is 0.291. The molecule has 0 bridgehead atoms. The van der Waals surface area contributed by atoms with Crippen molar-refractivity contribution in [2.45, 2.75) is 6.42 Å². The van der Waals surface area contributed by atoms with Gasteiger partial charge in [0.2, 0.25) is 0 Å². The van der Waals surface area contributed by atoms with Gasteiger partial charge in [-0.25, -0.2) is 0 Å². The normalized spacial score (nSPS) is 11.8. The van der Waals surface area contributed by atoms with Crippen LogP contribution >= 0.6 is 0 Å². The third kappa shape index (κ3) is 3.43. The summed E-state index contributed by atoms with van der Waals surface area (Å²) in [7, 11) is 1.65. The van der Waals surface area contributed by atoms with E-state index in [1.165, 1.54) is 0 Å². The Bertz CT molecular complexity index is 850. The number of fused-ring (bicyclic) bond motifs is 1. The number of hydrogen-bond donors (Lipinski definition) is 1. The van der Waals surface area contributed by atoms with E-state index < -0.39 is 0 Å². The second kappa shape index (κ2) is 7.11. The Hall–Kier alpha value is -2.59. The lowest BCUT2D eigenvalue weighted by atomic mass is 10.1. The number of rotatable bonds is 5. The lowest BCUT2D eigenvalue weighted by Gasteiger charge is -2.06. The fourth-order valence-electron chi connectivity index (χ4n) is 2.42. The highest BCUT2D eigenvalue weighted by molar-refractivity contribution is 5.78. The molecule has 4 heteroatoms. The average molecular weight is 309 g/mol. The Morgan fingerprint density at radius 1 is 1.09 bits per heavy atom. The molecule has 0 spiro atoms. The van der Waals surface area contributed by atoms with E-state index >= 15 is 0 Å². The van der Waals surface area contributed by atoms with Crippen molar-refractivity contribution in [2.24, 2.45) is 4.99 Å². The van der Waals surface area contributed by atoms with E-state index in [1.54, 1.807) is 7.11 Å². The second-order valence-corrected chi connectivity index (χ2v) is 5.18. The van der Waals surface area contributed by atoms with Gasteiger partial charge in [0, 0.05) is 30.2 Å². The summed E-state index contributed by atoms with van der Waals surface area (Å²) in [5, 5.41) is 10.8. The molecule has 1 N–H and O–H groups in total. The SMILES string of the molecule is COc1ccc(-c2cc(=NCCCO)c3ccccc3o2)cc1. The van der Waals surface area contributed by atoms with E-state index in [0.717, 1.165) is 33.4 Å². The highest BCUT2D eigenvalue weighted by Crippen LogP contribution is 2.24. The summed E-state index contributed by atoms with van der Waals surface area (Å²) < 4.78 is 11.2. The van der Waals surface area contributed by atoms with Gasteiger partial charge in [-0.2, -0.15) is 0 Å². The third-order valence-electron chi connectivity index (χ3n) is 3.62. The van der Waals surface area contributed by atoms with Crippen LogP contribution in [-0.2, 0) is 0 Å². The van der Waals surface area contributed by atoms with Crippen LogP contribution in [-0.4, -0.2) is 25.4 Å². The van der Waals surface area contributed by atoms with Crippen LogP contribution in [0.5, 0.6) is 5.75 Å². The van der Waals surface area contributed by atoms with E-state index in [4.69, 9.17) is 14.3 Å². The molecular formula is C19H19NO3. The summed E-state index contributed by atoms with van der Waals surface area (Å²) in [6.45, 7) is 0.733. The minimum absolute atomic E-state index is 0.143. The van der Waals surface area contributed by atoms with Crippen LogP contribution in [0.25, 0.3) is 22.3 Å². The van der Waals surface area contributed by atoms with Crippen molar-refractivity contribution in [3.8, 4) is 17.1 Å². The minimum atomic E-state index is 0.143. The molecule has 4 nitrogen and oxygen atoms in total. The maximum Gasteiger partial charge on any atom is 0.136 e. The van der Waals surface area contributed by atoms with Crippen molar-refractivity contribution in [1.82, 2.24) is 0 Å². The first-order valence-corrected chi connectivity index (χ1v) is 7.60. The first-order chi connectivity index (χ1) is 11.3. The van der Waals surface area contributed by atoms with E-state index in [0.29, 0.717) is 13.0 Å². The van der Waals surface area contributed by atoms with Gasteiger partial charge in [0.05, 0.1) is 12.5 Å². The van der Waals surface area contributed by atoms with Crippen LogP contribution < -0.4 is 10.1 Å². The summed E-state index contributed by atoms with van der Waals surface area (Å²) in [5.74, 6) is 1.57. The van der Waals surface area contributed by atoms with Crippen molar-refractivity contribution < 1.29 is 14.3 Å². The van der Waals surface area contributed by atoms with Crippen molar-refractivity contribution in [3.05, 3.63) is 60.0 Å². The number of benzene rings is 2. The summed E-state index contributed by atoms with van der Waals surface area (Å²) in [5.41, 5.74) is 1.76. The van der Waals surface area contributed by atoms with Gasteiger partial charge >= 0.3 is 0 Å². The number of methoxy groups -OCH3 is 1. The maximum atomic E-state index is 8.95. The predicted molar refractivity (Wildman–Crippen MR) is 90.3 cm³/mol. The first-order valence-electron chi connectivity index (χ1n) is 7.60. The Kier molecular flexibility index (Phi) is 4.74. The van der Waals surface area contributed by atoms with Gasteiger partial charge in [-0.1, -0.05) is 12.1 Å². The average Bonchev–Trinajstić information content (AvgIpc) is 2.62. The van der Waals surface area contributed by atoms with Crippen molar-refractivity contribution in [1.29, 1.82) is 0 Å². The number of aliphatic hydroxyl groups excluding tert-OH is 1. The predicted octanol–water partition coefficient (Wildman–Crippen LogP) is 3.39. The lowest BCUT2D eigenvalue weighted by Crippen LogP contribution is -2.05. The molecule has 0 atom stereocenters. The van der Waals surface area contributed by atoms with Crippen LogP contribution in [0.3, 0.4) is 0 Å². The van der Waals surface area contributed by atoms with Gasteiger partial charge in [0.25, 0.3) is 0 Å². The highest BCUT2D eigenvalue weighted by atomic mass is 16.5. The molecule has 0 aliphatic carbocycles. The first kappa shape index (κ1) is 15.3. The van der Waals surface area contributed by atoms with Crippen molar-refractivity contribution >= 4 is 11.0 Å². The van der Waals surface area contributed by atoms with E-state index in [1.807, 2.05) is 54.6 Å². The van der Waals surface area contributed by atoms with Gasteiger partial charge < -0.3 is 14.3 Å². The molecule has 118 valence electrons. The van der Waals surface area contributed by atoms with Gasteiger partial charge in [-0.3, -0.25) is 4.99 Å². The van der Waals surface area contributed by atoms with Gasteiger partial charge in [-0.15, -0.1) is 0 Å². The zero-order chi connectivity index (χ0) is 16.1. The minimum Gasteiger partial charge on any atom is -0.497 e. The Morgan fingerprint density at radius 2 is 1.87 bits per heavy atom. The second-order valence-electron chi connectivity index (χ2n) is 5.18. The molecule has 1 aromatic heterocycles. The zero-order valence-corrected chi connectivity index (χ0v) is 13.0. The largest absolute Gasteiger partial charge is 0.497 e. The van der Waals surface area contributed by atoms with Gasteiger partial charge in [0.15, 0.2) is 0 Å². The third-order valence-corrected chi connectivity index (χ3v) is 3.62. The molecule has 23 heavy (non-hydrogen) atoms. The summed E-state index contributed by atoms with van der Waals surface area (Å²) in [6.07, 6.45) is 0.651. The monoisotopic (exact) mass is 309 g/mol. The molecule has 2 aromatic carbocycles. The number of aliphatic hydroxyl groups is 1. The Morgan fingerprint density at radius 3 is 2.61 bits per heavy atom. The molecule has 0 radical (unpaired) electrons. The molecule has 0 unspecified atom stereocenters.